The van der Waals surface area contributed by atoms with Gasteiger partial charge >= 0.3 is 0 Å². The first-order valence-electron chi connectivity index (χ1n) is 5.71. The van der Waals surface area contributed by atoms with Crippen LogP contribution in [0.4, 0.5) is 10.1 Å². The Bertz CT molecular complexity index is 411. The maximum Gasteiger partial charge on any atom is 0.143 e. The average molecular weight is 277 g/mol. The molecule has 5 N–H and O–H groups in total. The molecule has 1 aliphatic rings. The molecule has 0 saturated carbocycles. The molecule has 0 unspecified atom stereocenters. The fraction of sp³-hybridized carbons (Fsp3) is 0.500. The monoisotopic (exact) mass is 276 g/mol. The van der Waals surface area contributed by atoms with Gasteiger partial charge in [-0.2, -0.15) is 0 Å². The number of hydrogen-bond donors (Lipinski definition) is 3. The largest absolute Gasteiger partial charge is 0.505 e. The summed E-state index contributed by atoms with van der Waals surface area (Å²) in [6.07, 6.45) is 1.63. The maximum atomic E-state index is 13.3. The Balaban J connectivity index is 0.00000162. The Morgan fingerprint density at radius 2 is 1.94 bits per heavy atom. The minimum Gasteiger partial charge on any atom is -0.505 e. The lowest BCUT2D eigenvalue weighted by molar-refractivity contribution is 0.0581. The highest BCUT2D eigenvalue weighted by Gasteiger charge is 2.25. The van der Waals surface area contributed by atoms with E-state index in [2.05, 4.69) is 0 Å². The van der Waals surface area contributed by atoms with Crippen LogP contribution in [0.25, 0.3) is 0 Å². The Kier molecular flexibility index (Phi) is 5.19. The van der Waals surface area contributed by atoms with Gasteiger partial charge in [-0.15, -0.1) is 12.4 Å². The van der Waals surface area contributed by atoms with Crippen molar-refractivity contribution in [3.63, 3.8) is 0 Å². The summed E-state index contributed by atoms with van der Waals surface area (Å²) >= 11 is 0. The molecule has 18 heavy (non-hydrogen) atoms. The molecule has 2 rings (SSSR count). The zero-order valence-corrected chi connectivity index (χ0v) is 10.8. The second-order valence-corrected chi connectivity index (χ2v) is 4.41. The van der Waals surface area contributed by atoms with E-state index in [4.69, 9.17) is 16.2 Å². The molecule has 0 bridgehead atoms. The van der Waals surface area contributed by atoms with Gasteiger partial charge in [0.2, 0.25) is 0 Å². The van der Waals surface area contributed by atoms with Crippen molar-refractivity contribution in [3.05, 3.63) is 23.5 Å². The number of rotatable bonds is 2. The van der Waals surface area contributed by atoms with E-state index >= 15 is 0 Å². The number of ether oxygens (including phenoxy) is 1. The molecule has 1 aliphatic heterocycles. The number of nitrogen functional groups attached to an aromatic ring is 1. The van der Waals surface area contributed by atoms with Crippen LogP contribution in [0.15, 0.2) is 12.1 Å². The normalized spacial score (nSPS) is 18.1. The minimum absolute atomic E-state index is 0. The number of phenols is 1. The maximum absolute atomic E-state index is 13.3. The quantitative estimate of drug-likeness (QED) is 0.570. The lowest BCUT2D eigenvalue weighted by Gasteiger charge is -2.28. The molecule has 0 amide bonds. The van der Waals surface area contributed by atoms with Gasteiger partial charge in [0.1, 0.15) is 11.6 Å². The van der Waals surface area contributed by atoms with E-state index < -0.39 is 11.9 Å². The summed E-state index contributed by atoms with van der Waals surface area (Å²) in [6, 6.07) is 1.94. The van der Waals surface area contributed by atoms with E-state index in [1.165, 1.54) is 6.07 Å². The Morgan fingerprint density at radius 1 is 1.33 bits per heavy atom. The standard InChI is InChI=1S/C12H17FN2O2.ClH/c13-8-5-9(12(16)10(14)6-8)11(15)7-1-3-17-4-2-7;/h5-7,11,16H,1-4,14-15H2;1H/t11-;/m0./s1. The van der Waals surface area contributed by atoms with Gasteiger partial charge in [-0.25, -0.2) is 4.39 Å². The zero-order valence-electron chi connectivity index (χ0n) is 9.93. The highest BCUT2D eigenvalue weighted by molar-refractivity contribution is 5.85. The molecule has 4 nitrogen and oxygen atoms in total. The van der Waals surface area contributed by atoms with Gasteiger partial charge in [-0.3, -0.25) is 0 Å². The topological polar surface area (TPSA) is 81.5 Å². The number of hydrogen-bond acceptors (Lipinski definition) is 4. The van der Waals surface area contributed by atoms with Crippen LogP contribution in [0.3, 0.4) is 0 Å². The number of nitrogens with two attached hydrogens (primary N) is 2. The predicted octanol–water partition coefficient (Wildman–Crippen LogP) is 1.96. The van der Waals surface area contributed by atoms with Crippen LogP contribution in [0.1, 0.15) is 24.4 Å². The lowest BCUT2D eigenvalue weighted by Crippen LogP contribution is -2.27. The molecule has 1 heterocycles. The predicted molar refractivity (Wildman–Crippen MR) is 70.2 cm³/mol. The van der Waals surface area contributed by atoms with Crippen LogP contribution >= 0.6 is 12.4 Å². The highest BCUT2D eigenvalue weighted by atomic mass is 35.5. The smallest absolute Gasteiger partial charge is 0.143 e. The third kappa shape index (κ3) is 3.04. The number of benzene rings is 1. The van der Waals surface area contributed by atoms with Gasteiger partial charge in [0.15, 0.2) is 0 Å². The van der Waals surface area contributed by atoms with Gasteiger partial charge < -0.3 is 21.3 Å². The SMILES string of the molecule is Cl.Nc1cc(F)cc([C@@H](N)C2CCOCC2)c1O. The van der Waals surface area contributed by atoms with Crippen molar-refractivity contribution in [2.75, 3.05) is 18.9 Å². The first kappa shape index (κ1) is 15.0. The molecule has 1 fully saturated rings. The van der Waals surface area contributed by atoms with E-state index in [9.17, 15) is 9.50 Å². The van der Waals surface area contributed by atoms with Crippen LogP contribution in [-0.4, -0.2) is 18.3 Å². The third-order valence-electron chi connectivity index (χ3n) is 3.27. The summed E-state index contributed by atoms with van der Waals surface area (Å²) in [7, 11) is 0. The number of halogens is 2. The molecule has 1 atom stereocenters. The molecule has 6 heteroatoms. The highest BCUT2D eigenvalue weighted by Crippen LogP contribution is 2.36. The molecular formula is C12H18ClFN2O2. The van der Waals surface area contributed by atoms with Gasteiger partial charge in [-0.05, 0) is 24.8 Å². The first-order chi connectivity index (χ1) is 8.09. The Labute approximate surface area is 112 Å². The van der Waals surface area contributed by atoms with Crippen molar-refractivity contribution in [1.82, 2.24) is 0 Å². The van der Waals surface area contributed by atoms with E-state index in [1.807, 2.05) is 0 Å². The van der Waals surface area contributed by atoms with Crippen molar-refractivity contribution >= 4 is 18.1 Å². The molecular weight excluding hydrogens is 259 g/mol. The second-order valence-electron chi connectivity index (χ2n) is 4.41. The number of aromatic hydroxyl groups is 1. The van der Waals surface area contributed by atoms with E-state index in [-0.39, 0.29) is 29.8 Å². The van der Waals surface area contributed by atoms with Gasteiger partial charge in [0.25, 0.3) is 0 Å². The Hall–Kier alpha value is -1.04. The van der Waals surface area contributed by atoms with Crippen molar-refractivity contribution in [1.29, 1.82) is 0 Å². The van der Waals surface area contributed by atoms with E-state index in [0.717, 1.165) is 18.9 Å². The molecule has 102 valence electrons. The lowest BCUT2D eigenvalue weighted by atomic mass is 9.87. The summed E-state index contributed by atoms with van der Waals surface area (Å²) in [6.45, 7) is 1.31. The zero-order chi connectivity index (χ0) is 12.4. The molecule has 1 aromatic rings. The summed E-state index contributed by atoms with van der Waals surface area (Å²) in [5.41, 5.74) is 12.0. The summed E-state index contributed by atoms with van der Waals surface area (Å²) < 4.78 is 18.5. The molecule has 0 radical (unpaired) electrons. The van der Waals surface area contributed by atoms with Crippen molar-refractivity contribution in [2.24, 2.45) is 11.7 Å². The average Bonchev–Trinajstić information content (AvgIpc) is 2.34. The molecule has 0 aliphatic carbocycles. The second kappa shape index (κ2) is 6.22. The molecule has 0 spiro atoms. The van der Waals surface area contributed by atoms with Crippen molar-refractivity contribution in [2.45, 2.75) is 18.9 Å². The van der Waals surface area contributed by atoms with Crippen molar-refractivity contribution < 1.29 is 14.2 Å². The van der Waals surface area contributed by atoms with E-state index in [0.29, 0.717) is 18.8 Å². The van der Waals surface area contributed by atoms with Crippen LogP contribution in [-0.2, 0) is 4.74 Å². The van der Waals surface area contributed by atoms with Gasteiger partial charge in [-0.1, -0.05) is 0 Å². The minimum atomic E-state index is -0.474. The van der Waals surface area contributed by atoms with Crippen LogP contribution < -0.4 is 11.5 Å². The van der Waals surface area contributed by atoms with Crippen LogP contribution in [0.5, 0.6) is 5.75 Å². The van der Waals surface area contributed by atoms with E-state index in [1.54, 1.807) is 0 Å². The first-order valence-corrected chi connectivity index (χ1v) is 5.71. The molecule has 1 saturated heterocycles. The van der Waals surface area contributed by atoms with Gasteiger partial charge in [0.05, 0.1) is 5.69 Å². The van der Waals surface area contributed by atoms with Crippen LogP contribution in [0, 0.1) is 11.7 Å². The van der Waals surface area contributed by atoms with Gasteiger partial charge in [0, 0.05) is 30.9 Å². The van der Waals surface area contributed by atoms with Crippen molar-refractivity contribution in [3.8, 4) is 5.75 Å². The summed E-state index contributed by atoms with van der Waals surface area (Å²) in [4.78, 5) is 0. The molecule has 1 aromatic carbocycles. The number of phenolic OH excluding ortho intramolecular Hbond substituents is 1. The fourth-order valence-corrected chi connectivity index (χ4v) is 2.23. The fourth-order valence-electron chi connectivity index (χ4n) is 2.23. The Morgan fingerprint density at radius 3 is 2.56 bits per heavy atom. The number of anilines is 1. The third-order valence-corrected chi connectivity index (χ3v) is 3.27. The van der Waals surface area contributed by atoms with Crippen LogP contribution in [0.2, 0.25) is 0 Å². The molecule has 0 aromatic heterocycles. The summed E-state index contributed by atoms with van der Waals surface area (Å²) in [5, 5.41) is 9.82. The summed E-state index contributed by atoms with van der Waals surface area (Å²) in [5.74, 6) is -0.390.